The van der Waals surface area contributed by atoms with Gasteiger partial charge in [-0.25, -0.2) is 0 Å². The number of hydrogen-bond donors (Lipinski definition) is 9. The molecule has 9 N–H and O–H groups in total. The molecule has 2 fully saturated rings. The van der Waals surface area contributed by atoms with Crippen molar-refractivity contribution < 1.29 is 64.9 Å². The van der Waals surface area contributed by atoms with E-state index in [0.29, 0.717) is 0 Å². The third-order valence-corrected chi connectivity index (χ3v) is 5.70. The lowest BCUT2D eigenvalue weighted by atomic mass is 9.99. The Hall–Kier alpha value is -2.18. The standard InChI is InChI=1S/C25H34O13/c1-2-14(28)15(36-25-23(34)21(32)19(30)17(13-27)38-25)10-8-6-4-3-5-7-9-11-35-24-22(33)20(31)18(29)16(12-26)37-24/h2,7-10,14-34H,1,11-13H2/b9-7+,10-8+/t14-,15-,16-,17-,18-,19-,20+,21+,22-,23-,24-,25-/m1/s1. The third kappa shape index (κ3) is 8.67. The minimum absolute atomic E-state index is 0.0544. The van der Waals surface area contributed by atoms with Gasteiger partial charge in [0.2, 0.25) is 0 Å². The Balaban J connectivity index is 1.87. The highest BCUT2D eigenvalue weighted by molar-refractivity contribution is 5.34. The average Bonchev–Trinajstić information content (AvgIpc) is 2.92. The predicted molar refractivity (Wildman–Crippen MR) is 128 cm³/mol. The molecule has 0 aromatic heterocycles. The van der Waals surface area contributed by atoms with Gasteiger partial charge in [0.15, 0.2) is 12.6 Å². The molecule has 0 radical (unpaired) electrons. The lowest BCUT2D eigenvalue weighted by Crippen LogP contribution is -2.60. The van der Waals surface area contributed by atoms with E-state index in [1.54, 1.807) is 0 Å². The number of rotatable bonds is 10. The number of hydrogen-bond acceptors (Lipinski definition) is 13. The van der Waals surface area contributed by atoms with Crippen LogP contribution in [0.25, 0.3) is 0 Å². The topological polar surface area (TPSA) is 219 Å². The molecule has 2 saturated heterocycles. The molecule has 12 atom stereocenters. The Kier molecular flexibility index (Phi) is 13.5. The normalized spacial score (nSPS) is 37.2. The molecule has 2 aliphatic heterocycles. The maximum absolute atomic E-state index is 10.1. The van der Waals surface area contributed by atoms with E-state index < -0.39 is 86.8 Å². The molecule has 13 heteroatoms. The molecule has 0 aliphatic carbocycles. The zero-order valence-corrected chi connectivity index (χ0v) is 20.3. The van der Waals surface area contributed by atoms with E-state index in [-0.39, 0.29) is 6.61 Å². The van der Waals surface area contributed by atoms with Crippen LogP contribution in [0.1, 0.15) is 0 Å². The minimum atomic E-state index is -1.64. The van der Waals surface area contributed by atoms with Gasteiger partial charge in [0.25, 0.3) is 0 Å². The van der Waals surface area contributed by atoms with Crippen molar-refractivity contribution in [1.29, 1.82) is 0 Å². The first kappa shape index (κ1) is 32.0. The summed E-state index contributed by atoms with van der Waals surface area (Å²) in [6.07, 6.45) is -9.91. The van der Waals surface area contributed by atoms with Crippen molar-refractivity contribution in [3.8, 4) is 23.7 Å². The Morgan fingerprint density at radius 1 is 0.763 bits per heavy atom. The van der Waals surface area contributed by atoms with Crippen molar-refractivity contribution >= 4 is 0 Å². The molecule has 2 rings (SSSR count). The molecular weight excluding hydrogens is 508 g/mol. The zero-order chi connectivity index (χ0) is 28.2. The summed E-state index contributed by atoms with van der Waals surface area (Å²) in [6, 6.07) is 0. The van der Waals surface area contributed by atoms with Crippen molar-refractivity contribution in [2.45, 2.75) is 73.6 Å². The van der Waals surface area contributed by atoms with Crippen LogP contribution in [0.2, 0.25) is 0 Å². The van der Waals surface area contributed by atoms with Gasteiger partial charge in [-0.1, -0.05) is 24.0 Å². The van der Waals surface area contributed by atoms with E-state index in [1.165, 1.54) is 30.4 Å². The van der Waals surface area contributed by atoms with Crippen LogP contribution in [0.3, 0.4) is 0 Å². The average molecular weight is 543 g/mol. The van der Waals surface area contributed by atoms with Crippen LogP contribution in [0.5, 0.6) is 0 Å². The summed E-state index contributed by atoms with van der Waals surface area (Å²) < 4.78 is 21.2. The predicted octanol–water partition coefficient (Wildman–Crippen LogP) is -4.35. The van der Waals surface area contributed by atoms with Crippen LogP contribution in [0.4, 0.5) is 0 Å². The lowest BCUT2D eigenvalue weighted by molar-refractivity contribution is -0.311. The SMILES string of the molecule is C=C[C@@H](O)[C@@H](/C=C/C#CC#C/C=C/CO[C@@H]1O[C@H](CO)[C@@H](O)[C@H](O)[C@H]1O)O[C@@H]1O[C@H](CO)[C@@H](O)[C@H](O)[C@H]1O. The highest BCUT2D eigenvalue weighted by Crippen LogP contribution is 2.24. The van der Waals surface area contributed by atoms with Crippen molar-refractivity contribution in [1.82, 2.24) is 0 Å². The quantitative estimate of drug-likeness (QED) is 0.0943. The first-order valence-corrected chi connectivity index (χ1v) is 11.7. The van der Waals surface area contributed by atoms with E-state index in [9.17, 15) is 40.9 Å². The van der Waals surface area contributed by atoms with Crippen LogP contribution in [0, 0.1) is 23.7 Å². The van der Waals surface area contributed by atoms with E-state index >= 15 is 0 Å². The molecule has 2 heterocycles. The first-order chi connectivity index (χ1) is 18.2. The van der Waals surface area contributed by atoms with Gasteiger partial charge in [0.1, 0.15) is 61.0 Å². The molecular formula is C25H34O13. The van der Waals surface area contributed by atoms with Crippen molar-refractivity contribution in [3.05, 3.63) is 37.0 Å². The minimum Gasteiger partial charge on any atom is -0.394 e. The van der Waals surface area contributed by atoms with Gasteiger partial charge >= 0.3 is 0 Å². The molecule has 0 bridgehead atoms. The van der Waals surface area contributed by atoms with Crippen molar-refractivity contribution in [2.75, 3.05) is 19.8 Å². The van der Waals surface area contributed by atoms with Crippen LogP contribution in [-0.4, -0.2) is 139 Å². The largest absolute Gasteiger partial charge is 0.394 e. The summed E-state index contributed by atoms with van der Waals surface area (Å²) in [5, 5.41) is 87.7. The number of aliphatic hydroxyl groups excluding tert-OH is 9. The number of aliphatic hydroxyl groups is 9. The molecule has 212 valence electrons. The molecule has 0 aromatic rings. The van der Waals surface area contributed by atoms with Crippen LogP contribution >= 0.6 is 0 Å². The van der Waals surface area contributed by atoms with Crippen molar-refractivity contribution in [2.24, 2.45) is 0 Å². The van der Waals surface area contributed by atoms with Gasteiger partial charge in [-0.3, -0.25) is 0 Å². The fraction of sp³-hybridized carbons (Fsp3) is 0.600. The fourth-order valence-electron chi connectivity index (χ4n) is 3.47. The Labute approximate surface area is 219 Å². The van der Waals surface area contributed by atoms with Crippen LogP contribution < -0.4 is 0 Å². The molecule has 0 aromatic carbocycles. The zero-order valence-electron chi connectivity index (χ0n) is 20.3. The molecule has 0 amide bonds. The van der Waals surface area contributed by atoms with Gasteiger partial charge in [0.05, 0.1) is 19.8 Å². The van der Waals surface area contributed by atoms with Gasteiger partial charge in [-0.2, -0.15) is 0 Å². The number of ether oxygens (including phenoxy) is 4. The van der Waals surface area contributed by atoms with E-state index in [2.05, 4.69) is 30.3 Å². The maximum Gasteiger partial charge on any atom is 0.187 e. The second-order valence-corrected chi connectivity index (χ2v) is 8.36. The fourth-order valence-corrected chi connectivity index (χ4v) is 3.47. The Morgan fingerprint density at radius 3 is 1.84 bits per heavy atom. The van der Waals surface area contributed by atoms with Gasteiger partial charge < -0.3 is 64.9 Å². The van der Waals surface area contributed by atoms with Crippen molar-refractivity contribution in [3.63, 3.8) is 0 Å². The highest BCUT2D eigenvalue weighted by atomic mass is 16.7. The Bertz CT molecular complexity index is 912. The molecule has 0 saturated carbocycles. The molecule has 0 spiro atoms. The summed E-state index contributed by atoms with van der Waals surface area (Å²) in [5.41, 5.74) is 0. The second-order valence-electron chi connectivity index (χ2n) is 8.36. The van der Waals surface area contributed by atoms with E-state index in [0.717, 1.165) is 0 Å². The molecule has 13 nitrogen and oxygen atoms in total. The van der Waals surface area contributed by atoms with Gasteiger partial charge in [-0.15, -0.1) is 6.58 Å². The summed E-state index contributed by atoms with van der Waals surface area (Å²) in [6.45, 7) is 2.22. The van der Waals surface area contributed by atoms with Gasteiger partial charge in [-0.05, 0) is 30.1 Å². The summed E-state index contributed by atoms with van der Waals surface area (Å²) in [7, 11) is 0. The van der Waals surface area contributed by atoms with Crippen LogP contribution in [-0.2, 0) is 18.9 Å². The van der Waals surface area contributed by atoms with Gasteiger partial charge in [0, 0.05) is 0 Å². The summed E-state index contributed by atoms with van der Waals surface area (Å²) in [4.78, 5) is 0. The number of allylic oxidation sites excluding steroid dienone is 2. The third-order valence-electron chi connectivity index (χ3n) is 5.70. The molecule has 0 unspecified atom stereocenters. The first-order valence-electron chi connectivity index (χ1n) is 11.7. The smallest absolute Gasteiger partial charge is 0.187 e. The maximum atomic E-state index is 10.1. The summed E-state index contributed by atoms with van der Waals surface area (Å²) in [5.74, 6) is 10.2. The summed E-state index contributed by atoms with van der Waals surface area (Å²) >= 11 is 0. The highest BCUT2D eigenvalue weighted by Gasteiger charge is 2.45. The lowest BCUT2D eigenvalue weighted by Gasteiger charge is -2.40. The van der Waals surface area contributed by atoms with E-state index in [4.69, 9.17) is 24.1 Å². The molecule has 2 aliphatic rings. The van der Waals surface area contributed by atoms with Crippen LogP contribution in [0.15, 0.2) is 37.0 Å². The second kappa shape index (κ2) is 16.0. The Morgan fingerprint density at radius 2 is 1.29 bits per heavy atom. The molecule has 38 heavy (non-hydrogen) atoms. The monoisotopic (exact) mass is 542 g/mol. The van der Waals surface area contributed by atoms with E-state index in [1.807, 2.05) is 0 Å².